The average Bonchev–Trinajstić information content (AvgIpc) is 3.44. The molecule has 3 aliphatic rings. The number of carbonyl (C=O) groups is 2. The predicted octanol–water partition coefficient (Wildman–Crippen LogP) is 3.36. The third-order valence-corrected chi connectivity index (χ3v) is 6.98. The second-order valence-corrected chi connectivity index (χ2v) is 8.98. The maximum absolute atomic E-state index is 13.3. The molecule has 1 spiro atoms. The summed E-state index contributed by atoms with van der Waals surface area (Å²) in [7, 11) is 0. The number of rotatable bonds is 4. The minimum atomic E-state index is -0.808. The van der Waals surface area contributed by atoms with E-state index in [2.05, 4.69) is 45.3 Å². The summed E-state index contributed by atoms with van der Waals surface area (Å²) in [5.74, 6) is 2.39. The first-order chi connectivity index (χ1) is 15.6. The predicted molar refractivity (Wildman–Crippen MR) is 126 cm³/mol. The zero-order valence-corrected chi connectivity index (χ0v) is 18.2. The van der Waals surface area contributed by atoms with E-state index >= 15 is 0 Å². The maximum Gasteiger partial charge on any atom is 0.329 e. The summed E-state index contributed by atoms with van der Waals surface area (Å²) in [4.78, 5) is 32.0. The number of benzene rings is 2. The van der Waals surface area contributed by atoms with Crippen LogP contribution in [0, 0.1) is 12.3 Å². The molecule has 0 bridgehead atoms. The number of urea groups is 1. The number of imide groups is 1. The number of piperidine rings is 1. The van der Waals surface area contributed by atoms with Crippen molar-refractivity contribution in [3.63, 3.8) is 0 Å². The Balaban J connectivity index is 1.21. The Bertz CT molecular complexity index is 1040. The van der Waals surface area contributed by atoms with E-state index in [-0.39, 0.29) is 11.9 Å². The van der Waals surface area contributed by atoms with Crippen molar-refractivity contribution in [1.82, 2.24) is 10.2 Å². The molecule has 1 N–H and O–H groups in total. The van der Waals surface area contributed by atoms with Crippen molar-refractivity contribution in [1.29, 1.82) is 0 Å². The second kappa shape index (κ2) is 8.33. The second-order valence-electron chi connectivity index (χ2n) is 8.98. The standard InChI is InChI=1S/C26H28N4O2/c1-2-20-5-11-23(12-6-20)30-24(31)26(27-25(30)32)13-17-28(18-14-26)19-21-7-9-22(10-8-21)29-15-3-4-16-29/h1,5-12H,3-4,13-19H2,(H,27,32). The molecule has 0 unspecified atom stereocenters. The summed E-state index contributed by atoms with van der Waals surface area (Å²) in [5, 5.41) is 2.98. The maximum atomic E-state index is 13.3. The zero-order chi connectivity index (χ0) is 22.1. The van der Waals surface area contributed by atoms with E-state index < -0.39 is 5.54 Å². The Morgan fingerprint density at radius 2 is 1.50 bits per heavy atom. The molecular formula is C26H28N4O2. The van der Waals surface area contributed by atoms with Crippen LogP contribution in [0.1, 0.15) is 36.8 Å². The highest BCUT2D eigenvalue weighted by Gasteiger charge is 2.52. The van der Waals surface area contributed by atoms with Crippen LogP contribution in [0.25, 0.3) is 0 Å². The van der Waals surface area contributed by atoms with Crippen molar-refractivity contribution < 1.29 is 9.59 Å². The highest BCUT2D eigenvalue weighted by atomic mass is 16.2. The van der Waals surface area contributed by atoms with E-state index in [9.17, 15) is 9.59 Å². The van der Waals surface area contributed by atoms with Gasteiger partial charge in [-0.2, -0.15) is 0 Å². The van der Waals surface area contributed by atoms with Crippen LogP contribution in [-0.2, 0) is 11.3 Å². The van der Waals surface area contributed by atoms with Gasteiger partial charge in [0.15, 0.2) is 0 Å². The highest BCUT2D eigenvalue weighted by Crippen LogP contribution is 2.33. The number of terminal acetylenes is 1. The molecule has 3 aliphatic heterocycles. The Kier molecular flexibility index (Phi) is 5.36. The van der Waals surface area contributed by atoms with Gasteiger partial charge in [0.05, 0.1) is 5.69 Å². The first kappa shape index (κ1) is 20.6. The molecule has 0 atom stereocenters. The third-order valence-electron chi connectivity index (χ3n) is 6.98. The van der Waals surface area contributed by atoms with Crippen molar-refractivity contribution in [3.8, 4) is 12.3 Å². The van der Waals surface area contributed by atoms with Crippen molar-refractivity contribution >= 4 is 23.3 Å². The van der Waals surface area contributed by atoms with Gasteiger partial charge in [-0.25, -0.2) is 9.69 Å². The number of likely N-dealkylation sites (tertiary alicyclic amines) is 1. The fourth-order valence-corrected chi connectivity index (χ4v) is 5.04. The quantitative estimate of drug-likeness (QED) is 0.599. The molecule has 6 heteroatoms. The van der Waals surface area contributed by atoms with Crippen LogP contribution >= 0.6 is 0 Å². The van der Waals surface area contributed by atoms with Crippen molar-refractivity contribution in [2.75, 3.05) is 36.0 Å². The van der Waals surface area contributed by atoms with Gasteiger partial charge in [0, 0.05) is 44.0 Å². The molecule has 5 rings (SSSR count). The Hall–Kier alpha value is -3.30. The normalized spacial score (nSPS) is 20.6. The summed E-state index contributed by atoms with van der Waals surface area (Å²) in [6, 6.07) is 15.5. The Morgan fingerprint density at radius 3 is 2.12 bits per heavy atom. The van der Waals surface area contributed by atoms with Crippen LogP contribution < -0.4 is 15.1 Å². The van der Waals surface area contributed by atoms with Gasteiger partial charge >= 0.3 is 6.03 Å². The lowest BCUT2D eigenvalue weighted by molar-refractivity contribution is -0.123. The van der Waals surface area contributed by atoms with Gasteiger partial charge in [-0.1, -0.05) is 18.1 Å². The molecule has 3 fully saturated rings. The number of nitrogens with one attached hydrogen (secondary N) is 1. The zero-order valence-electron chi connectivity index (χ0n) is 18.2. The van der Waals surface area contributed by atoms with Crippen molar-refractivity contribution in [3.05, 3.63) is 59.7 Å². The molecule has 3 saturated heterocycles. The molecule has 32 heavy (non-hydrogen) atoms. The van der Waals surface area contributed by atoms with E-state index in [1.165, 1.54) is 29.0 Å². The minimum absolute atomic E-state index is 0.162. The lowest BCUT2D eigenvalue weighted by Crippen LogP contribution is -2.54. The Morgan fingerprint density at radius 1 is 0.875 bits per heavy atom. The number of amides is 3. The SMILES string of the molecule is C#Cc1ccc(N2C(=O)NC3(CCN(Cc4ccc(N5CCCC5)cc4)CC3)C2=O)cc1. The summed E-state index contributed by atoms with van der Waals surface area (Å²) in [5.41, 5.74) is 3.05. The van der Waals surface area contributed by atoms with Gasteiger partial charge in [0.25, 0.3) is 5.91 Å². The van der Waals surface area contributed by atoms with Gasteiger partial charge in [-0.15, -0.1) is 6.42 Å². The molecule has 3 amide bonds. The fourth-order valence-electron chi connectivity index (χ4n) is 5.04. The molecule has 2 aromatic carbocycles. The van der Waals surface area contributed by atoms with Crippen LogP contribution in [0.15, 0.2) is 48.5 Å². The van der Waals surface area contributed by atoms with Gasteiger partial charge in [-0.3, -0.25) is 9.69 Å². The number of anilines is 2. The number of carbonyl (C=O) groups excluding carboxylic acids is 2. The van der Waals surface area contributed by atoms with Crippen LogP contribution in [-0.4, -0.2) is 48.6 Å². The van der Waals surface area contributed by atoms with Crippen LogP contribution in [0.2, 0.25) is 0 Å². The summed E-state index contributed by atoms with van der Waals surface area (Å²) in [6.07, 6.45) is 9.19. The number of hydrogen-bond donors (Lipinski definition) is 1. The lowest BCUT2D eigenvalue weighted by Gasteiger charge is -2.37. The number of nitrogens with zero attached hydrogens (tertiary/aromatic N) is 3. The van der Waals surface area contributed by atoms with Gasteiger partial charge in [0.1, 0.15) is 5.54 Å². The largest absolute Gasteiger partial charge is 0.372 e. The van der Waals surface area contributed by atoms with Crippen molar-refractivity contribution in [2.24, 2.45) is 0 Å². The monoisotopic (exact) mass is 428 g/mol. The first-order valence-corrected chi connectivity index (χ1v) is 11.4. The molecule has 6 nitrogen and oxygen atoms in total. The van der Waals surface area contributed by atoms with Crippen LogP contribution in [0.5, 0.6) is 0 Å². The van der Waals surface area contributed by atoms with Crippen molar-refractivity contribution in [2.45, 2.75) is 37.8 Å². The molecule has 0 aliphatic carbocycles. The van der Waals surface area contributed by atoms with E-state index in [1.54, 1.807) is 24.3 Å². The van der Waals surface area contributed by atoms with E-state index in [0.717, 1.165) is 38.3 Å². The highest BCUT2D eigenvalue weighted by molar-refractivity contribution is 6.23. The van der Waals surface area contributed by atoms with Gasteiger partial charge < -0.3 is 10.2 Å². The Labute approximate surface area is 189 Å². The molecule has 0 aromatic heterocycles. The van der Waals surface area contributed by atoms with Gasteiger partial charge in [0.2, 0.25) is 0 Å². The molecule has 0 radical (unpaired) electrons. The molecular weight excluding hydrogens is 400 g/mol. The molecule has 0 saturated carbocycles. The van der Waals surface area contributed by atoms with E-state index in [0.29, 0.717) is 18.5 Å². The summed E-state index contributed by atoms with van der Waals surface area (Å²) in [6.45, 7) is 4.69. The van der Waals surface area contributed by atoms with E-state index in [4.69, 9.17) is 6.42 Å². The third kappa shape index (κ3) is 3.74. The smallest absolute Gasteiger partial charge is 0.329 e. The van der Waals surface area contributed by atoms with E-state index in [1.807, 2.05) is 0 Å². The minimum Gasteiger partial charge on any atom is -0.372 e. The first-order valence-electron chi connectivity index (χ1n) is 11.4. The fraction of sp³-hybridized carbons (Fsp3) is 0.385. The van der Waals surface area contributed by atoms with Crippen LogP contribution in [0.4, 0.5) is 16.2 Å². The summed E-state index contributed by atoms with van der Waals surface area (Å²) >= 11 is 0. The topological polar surface area (TPSA) is 55.9 Å². The molecule has 164 valence electrons. The molecule has 2 aromatic rings. The molecule has 3 heterocycles. The summed E-state index contributed by atoms with van der Waals surface area (Å²) < 4.78 is 0. The lowest BCUT2D eigenvalue weighted by atomic mass is 9.87. The number of hydrogen-bond acceptors (Lipinski definition) is 4. The van der Waals surface area contributed by atoms with Crippen LogP contribution in [0.3, 0.4) is 0 Å². The average molecular weight is 429 g/mol. The van der Waals surface area contributed by atoms with Gasteiger partial charge in [-0.05, 0) is 67.6 Å².